The van der Waals surface area contributed by atoms with Crippen molar-refractivity contribution in [2.24, 2.45) is 5.41 Å². The summed E-state index contributed by atoms with van der Waals surface area (Å²) in [6.07, 6.45) is 8.66. The standard InChI is InChI=1S/C31H31FN4O4/c32-26-9-5-4-8-22(26)16-28-35-36-30(40-28)29(37)34-23-10-11-27(33-19-23)39-24-12-14-31(15-13-24)17-25(18-31)38-20-21-6-2-1-3-7-21/h1-11,19,24-25H,12-18,20H2,(H,34,37). The number of ether oxygens (including phenoxy) is 2. The molecule has 2 aliphatic rings. The van der Waals surface area contributed by atoms with Crippen molar-refractivity contribution in [2.45, 2.75) is 63.8 Å². The zero-order valence-electron chi connectivity index (χ0n) is 22.1. The number of carbonyl (C=O) groups is 1. The summed E-state index contributed by atoms with van der Waals surface area (Å²) in [6.45, 7) is 0.681. The Balaban J connectivity index is 0.934. The van der Waals surface area contributed by atoms with Gasteiger partial charge in [-0.05, 0) is 67.2 Å². The van der Waals surface area contributed by atoms with E-state index < -0.39 is 5.91 Å². The van der Waals surface area contributed by atoms with Crippen molar-refractivity contribution < 1.29 is 23.1 Å². The highest BCUT2D eigenvalue weighted by atomic mass is 19.1. The predicted octanol–water partition coefficient (Wildman–Crippen LogP) is 6.13. The van der Waals surface area contributed by atoms with Gasteiger partial charge in [-0.15, -0.1) is 10.2 Å². The molecule has 0 aliphatic heterocycles. The molecule has 8 nitrogen and oxygen atoms in total. The molecule has 1 amide bonds. The van der Waals surface area contributed by atoms with E-state index in [0.29, 0.717) is 35.3 Å². The lowest BCUT2D eigenvalue weighted by Crippen LogP contribution is -2.46. The summed E-state index contributed by atoms with van der Waals surface area (Å²) in [5.74, 6) is -0.447. The summed E-state index contributed by atoms with van der Waals surface area (Å²) < 4.78 is 31.5. The van der Waals surface area contributed by atoms with Crippen LogP contribution in [0.25, 0.3) is 0 Å². The molecular formula is C31H31FN4O4. The van der Waals surface area contributed by atoms with Gasteiger partial charge in [0, 0.05) is 6.07 Å². The third-order valence-corrected chi connectivity index (χ3v) is 7.89. The van der Waals surface area contributed by atoms with Crippen LogP contribution in [0.2, 0.25) is 0 Å². The normalized spacial score (nSPS) is 22.0. The van der Waals surface area contributed by atoms with Crippen LogP contribution in [0.1, 0.15) is 66.2 Å². The quantitative estimate of drug-likeness (QED) is 0.271. The Hall–Kier alpha value is -4.11. The molecule has 1 N–H and O–H groups in total. The van der Waals surface area contributed by atoms with Crippen LogP contribution in [0.4, 0.5) is 10.1 Å². The molecule has 206 valence electrons. The fourth-order valence-corrected chi connectivity index (χ4v) is 5.64. The van der Waals surface area contributed by atoms with E-state index in [0.717, 1.165) is 38.5 Å². The van der Waals surface area contributed by atoms with Gasteiger partial charge in [-0.25, -0.2) is 9.37 Å². The summed E-state index contributed by atoms with van der Waals surface area (Å²) in [6, 6.07) is 20.1. The second-order valence-electron chi connectivity index (χ2n) is 10.8. The molecule has 0 unspecified atom stereocenters. The van der Waals surface area contributed by atoms with Gasteiger partial charge in [-0.2, -0.15) is 0 Å². The van der Waals surface area contributed by atoms with Crippen LogP contribution in [-0.4, -0.2) is 33.3 Å². The molecule has 0 atom stereocenters. The second-order valence-corrected chi connectivity index (χ2v) is 10.8. The first-order valence-electron chi connectivity index (χ1n) is 13.7. The molecule has 9 heteroatoms. The Morgan fingerprint density at radius 2 is 1.75 bits per heavy atom. The maximum Gasteiger partial charge on any atom is 0.313 e. The molecule has 1 spiro atoms. The number of benzene rings is 2. The molecule has 0 bridgehead atoms. The number of pyridine rings is 1. The van der Waals surface area contributed by atoms with Gasteiger partial charge in [0.05, 0.1) is 31.0 Å². The zero-order chi connectivity index (χ0) is 27.4. The number of halogens is 1. The van der Waals surface area contributed by atoms with Crippen LogP contribution in [0.15, 0.2) is 77.3 Å². The van der Waals surface area contributed by atoms with E-state index in [9.17, 15) is 9.18 Å². The van der Waals surface area contributed by atoms with Crippen molar-refractivity contribution in [1.29, 1.82) is 0 Å². The summed E-state index contributed by atoms with van der Waals surface area (Å²) in [7, 11) is 0. The highest BCUT2D eigenvalue weighted by Gasteiger charge is 2.47. The van der Waals surface area contributed by atoms with Gasteiger partial charge in [0.2, 0.25) is 11.8 Å². The lowest BCUT2D eigenvalue weighted by Gasteiger charge is -2.51. The lowest BCUT2D eigenvalue weighted by molar-refractivity contribution is -0.112. The molecule has 40 heavy (non-hydrogen) atoms. The van der Waals surface area contributed by atoms with Crippen LogP contribution in [0, 0.1) is 11.2 Å². The van der Waals surface area contributed by atoms with Gasteiger partial charge in [0.25, 0.3) is 0 Å². The van der Waals surface area contributed by atoms with Crippen molar-refractivity contribution in [1.82, 2.24) is 15.2 Å². The first kappa shape index (κ1) is 26.1. The highest BCUT2D eigenvalue weighted by molar-refractivity contribution is 6.00. The molecule has 4 aromatic rings. The Bertz CT molecular complexity index is 1430. The molecule has 2 aromatic heterocycles. The van der Waals surface area contributed by atoms with E-state index in [4.69, 9.17) is 13.9 Å². The molecule has 2 saturated carbocycles. The molecule has 2 heterocycles. The van der Waals surface area contributed by atoms with E-state index in [1.54, 1.807) is 30.3 Å². The number of nitrogens with zero attached hydrogens (tertiary/aromatic N) is 3. The second kappa shape index (κ2) is 11.6. The number of aromatic nitrogens is 3. The van der Waals surface area contributed by atoms with Crippen LogP contribution in [0.3, 0.4) is 0 Å². The summed E-state index contributed by atoms with van der Waals surface area (Å²) >= 11 is 0. The highest BCUT2D eigenvalue weighted by Crippen LogP contribution is 2.53. The molecule has 0 saturated heterocycles. The topological polar surface area (TPSA) is 99.4 Å². The van der Waals surface area contributed by atoms with E-state index in [-0.39, 0.29) is 30.1 Å². The van der Waals surface area contributed by atoms with Gasteiger partial charge >= 0.3 is 11.8 Å². The molecular weight excluding hydrogens is 511 g/mol. The molecule has 2 fully saturated rings. The third kappa shape index (κ3) is 6.20. The molecule has 2 aromatic carbocycles. The minimum atomic E-state index is -0.563. The molecule has 6 rings (SSSR count). The van der Waals surface area contributed by atoms with Crippen molar-refractivity contribution in [3.05, 3.63) is 102 Å². The van der Waals surface area contributed by atoms with E-state index in [1.807, 2.05) is 18.2 Å². The molecule has 0 radical (unpaired) electrons. The van der Waals surface area contributed by atoms with Crippen molar-refractivity contribution in [2.75, 3.05) is 5.32 Å². The number of rotatable bonds is 9. The maximum absolute atomic E-state index is 13.9. The van der Waals surface area contributed by atoms with Crippen LogP contribution < -0.4 is 10.1 Å². The number of amides is 1. The Morgan fingerprint density at radius 3 is 2.50 bits per heavy atom. The fraction of sp³-hybridized carbons (Fsp3) is 0.355. The minimum Gasteiger partial charge on any atom is -0.474 e. The van der Waals surface area contributed by atoms with Gasteiger partial charge < -0.3 is 19.2 Å². The summed E-state index contributed by atoms with van der Waals surface area (Å²) in [5, 5.41) is 10.3. The van der Waals surface area contributed by atoms with Crippen LogP contribution >= 0.6 is 0 Å². The van der Waals surface area contributed by atoms with E-state index in [2.05, 4.69) is 32.6 Å². The number of nitrogens with one attached hydrogen (secondary N) is 1. The van der Waals surface area contributed by atoms with Gasteiger partial charge in [0.15, 0.2) is 0 Å². The minimum absolute atomic E-state index is 0.103. The summed E-state index contributed by atoms with van der Waals surface area (Å²) in [5.41, 5.74) is 2.51. The van der Waals surface area contributed by atoms with Gasteiger partial charge in [0.1, 0.15) is 11.9 Å². The van der Waals surface area contributed by atoms with Crippen LogP contribution in [0.5, 0.6) is 5.88 Å². The average Bonchev–Trinajstić information content (AvgIpc) is 3.43. The maximum atomic E-state index is 13.9. The van der Waals surface area contributed by atoms with Gasteiger partial charge in [-0.3, -0.25) is 4.79 Å². The Morgan fingerprint density at radius 1 is 0.975 bits per heavy atom. The van der Waals surface area contributed by atoms with Crippen LogP contribution in [-0.2, 0) is 17.8 Å². The lowest BCUT2D eigenvalue weighted by atomic mass is 9.59. The van der Waals surface area contributed by atoms with Crippen molar-refractivity contribution >= 4 is 11.6 Å². The number of hydrogen-bond donors (Lipinski definition) is 1. The smallest absolute Gasteiger partial charge is 0.313 e. The Labute approximate surface area is 231 Å². The number of anilines is 1. The fourth-order valence-electron chi connectivity index (χ4n) is 5.64. The first-order chi connectivity index (χ1) is 19.5. The number of carbonyl (C=O) groups excluding carboxylic acids is 1. The molecule has 2 aliphatic carbocycles. The predicted molar refractivity (Wildman–Crippen MR) is 145 cm³/mol. The third-order valence-electron chi connectivity index (χ3n) is 7.89. The van der Waals surface area contributed by atoms with Crippen molar-refractivity contribution in [3.63, 3.8) is 0 Å². The monoisotopic (exact) mass is 542 g/mol. The van der Waals surface area contributed by atoms with E-state index in [1.165, 1.54) is 17.8 Å². The SMILES string of the molecule is O=C(Nc1ccc(OC2CCC3(CC2)CC(OCc2ccccc2)C3)nc1)c1nnc(Cc2ccccc2F)o1. The Kier molecular flexibility index (Phi) is 7.55. The first-order valence-corrected chi connectivity index (χ1v) is 13.7. The van der Waals surface area contributed by atoms with Crippen molar-refractivity contribution in [3.8, 4) is 5.88 Å². The zero-order valence-corrected chi connectivity index (χ0v) is 22.1. The van der Waals surface area contributed by atoms with E-state index >= 15 is 0 Å². The summed E-state index contributed by atoms with van der Waals surface area (Å²) in [4.78, 5) is 16.9. The number of hydrogen-bond acceptors (Lipinski definition) is 7. The largest absolute Gasteiger partial charge is 0.474 e. The van der Waals surface area contributed by atoms with Gasteiger partial charge in [-0.1, -0.05) is 48.5 Å². The average molecular weight is 543 g/mol.